The fourth-order valence-corrected chi connectivity index (χ4v) is 4.27. The summed E-state index contributed by atoms with van der Waals surface area (Å²) in [6.45, 7) is 6.31. The standard InChI is InChI=1S/C22H37N5O/c1-18(10-11-19-7-4-3-5-8-19)26-22(23-2)25-17-20-9-6-12-24-21(20)27-13-15-28-16-14-27/h6,9,12,18-19H,3-5,7-8,10-11,13-17H2,1-2H3,(H2,23,25,26). The zero-order valence-electron chi connectivity index (χ0n) is 17.6. The third kappa shape index (κ3) is 6.36. The van der Waals surface area contributed by atoms with E-state index in [1.165, 1.54) is 50.5 Å². The van der Waals surface area contributed by atoms with Gasteiger partial charge in [0.25, 0.3) is 0 Å². The molecule has 1 aliphatic carbocycles. The third-order valence-electron chi connectivity index (χ3n) is 5.96. The van der Waals surface area contributed by atoms with Gasteiger partial charge in [0.05, 0.1) is 13.2 Å². The van der Waals surface area contributed by atoms with E-state index in [1.807, 2.05) is 19.3 Å². The maximum atomic E-state index is 5.47. The monoisotopic (exact) mass is 387 g/mol. The fourth-order valence-electron chi connectivity index (χ4n) is 4.27. The van der Waals surface area contributed by atoms with Crippen LogP contribution in [0.5, 0.6) is 0 Å². The zero-order chi connectivity index (χ0) is 19.6. The van der Waals surface area contributed by atoms with Gasteiger partial charge in [-0.3, -0.25) is 4.99 Å². The lowest BCUT2D eigenvalue weighted by atomic mass is 9.85. The Morgan fingerprint density at radius 3 is 2.82 bits per heavy atom. The van der Waals surface area contributed by atoms with Gasteiger partial charge in [-0.2, -0.15) is 0 Å². The molecule has 2 N–H and O–H groups in total. The van der Waals surface area contributed by atoms with Crippen LogP contribution in [-0.2, 0) is 11.3 Å². The molecule has 1 unspecified atom stereocenters. The van der Waals surface area contributed by atoms with Crippen LogP contribution in [0.15, 0.2) is 23.3 Å². The Balaban J connectivity index is 1.47. The predicted octanol–water partition coefficient (Wildman–Crippen LogP) is 3.33. The quantitative estimate of drug-likeness (QED) is 0.555. The molecule has 0 amide bonds. The first-order valence-corrected chi connectivity index (χ1v) is 11.0. The average molecular weight is 388 g/mol. The van der Waals surface area contributed by atoms with Crippen molar-refractivity contribution in [2.24, 2.45) is 10.9 Å². The number of morpholine rings is 1. The second-order valence-electron chi connectivity index (χ2n) is 8.14. The van der Waals surface area contributed by atoms with Crippen molar-refractivity contribution < 1.29 is 4.74 Å². The number of nitrogens with one attached hydrogen (secondary N) is 2. The smallest absolute Gasteiger partial charge is 0.191 e. The van der Waals surface area contributed by atoms with E-state index in [2.05, 4.69) is 38.5 Å². The molecule has 0 spiro atoms. The average Bonchev–Trinajstić information content (AvgIpc) is 2.76. The lowest BCUT2D eigenvalue weighted by Gasteiger charge is -2.29. The number of nitrogens with zero attached hydrogens (tertiary/aromatic N) is 3. The van der Waals surface area contributed by atoms with Crippen LogP contribution in [-0.4, -0.2) is 50.3 Å². The SMILES string of the molecule is CN=C(NCc1cccnc1N1CCOCC1)NC(C)CCC1CCCCC1. The Morgan fingerprint density at radius 1 is 1.29 bits per heavy atom. The van der Waals surface area contributed by atoms with E-state index in [0.717, 1.165) is 50.5 Å². The van der Waals surface area contributed by atoms with Crippen molar-refractivity contribution in [3.05, 3.63) is 23.9 Å². The molecule has 1 aromatic heterocycles. The maximum absolute atomic E-state index is 5.47. The molecule has 1 saturated heterocycles. The third-order valence-corrected chi connectivity index (χ3v) is 5.96. The molecule has 2 heterocycles. The minimum absolute atomic E-state index is 0.431. The summed E-state index contributed by atoms with van der Waals surface area (Å²) in [6, 6.07) is 4.58. The topological polar surface area (TPSA) is 61.8 Å². The first-order valence-electron chi connectivity index (χ1n) is 11.0. The number of guanidine groups is 1. The van der Waals surface area contributed by atoms with E-state index < -0.39 is 0 Å². The van der Waals surface area contributed by atoms with E-state index in [4.69, 9.17) is 4.74 Å². The van der Waals surface area contributed by atoms with Crippen LogP contribution in [0.2, 0.25) is 0 Å². The molecular weight excluding hydrogens is 350 g/mol. The van der Waals surface area contributed by atoms with Crippen molar-refractivity contribution in [2.45, 2.75) is 64.5 Å². The first-order chi connectivity index (χ1) is 13.8. The second-order valence-corrected chi connectivity index (χ2v) is 8.14. The summed E-state index contributed by atoms with van der Waals surface area (Å²) < 4.78 is 5.47. The van der Waals surface area contributed by atoms with Gasteiger partial charge in [0.1, 0.15) is 5.82 Å². The lowest BCUT2D eigenvalue weighted by molar-refractivity contribution is 0.122. The highest BCUT2D eigenvalue weighted by Gasteiger charge is 2.17. The molecule has 156 valence electrons. The Labute approximate surface area is 170 Å². The van der Waals surface area contributed by atoms with Crippen molar-refractivity contribution in [2.75, 3.05) is 38.3 Å². The van der Waals surface area contributed by atoms with Gasteiger partial charge in [-0.25, -0.2) is 4.98 Å². The number of aromatic nitrogens is 1. The number of pyridine rings is 1. The molecule has 1 aromatic rings. The zero-order valence-corrected chi connectivity index (χ0v) is 17.6. The van der Waals surface area contributed by atoms with Gasteiger partial charge in [0.15, 0.2) is 5.96 Å². The highest BCUT2D eigenvalue weighted by Crippen LogP contribution is 2.27. The van der Waals surface area contributed by atoms with Crippen LogP contribution in [0.25, 0.3) is 0 Å². The van der Waals surface area contributed by atoms with Crippen molar-refractivity contribution in [1.82, 2.24) is 15.6 Å². The number of anilines is 1. The first kappa shape index (κ1) is 20.9. The number of rotatable bonds is 7. The lowest BCUT2D eigenvalue weighted by Crippen LogP contribution is -2.42. The molecule has 2 aliphatic rings. The molecule has 1 aliphatic heterocycles. The Kier molecular flexibility index (Phi) is 8.40. The van der Waals surface area contributed by atoms with Crippen LogP contribution in [0.1, 0.15) is 57.4 Å². The van der Waals surface area contributed by atoms with E-state index >= 15 is 0 Å². The Morgan fingerprint density at radius 2 is 2.07 bits per heavy atom. The van der Waals surface area contributed by atoms with Gasteiger partial charge in [-0.1, -0.05) is 38.2 Å². The van der Waals surface area contributed by atoms with Crippen LogP contribution >= 0.6 is 0 Å². The summed E-state index contributed by atoms with van der Waals surface area (Å²) in [4.78, 5) is 11.3. The van der Waals surface area contributed by atoms with Crippen LogP contribution in [0.4, 0.5) is 5.82 Å². The van der Waals surface area contributed by atoms with Crippen molar-refractivity contribution >= 4 is 11.8 Å². The van der Waals surface area contributed by atoms with Crippen LogP contribution in [0, 0.1) is 5.92 Å². The summed E-state index contributed by atoms with van der Waals surface area (Å²) in [5, 5.41) is 7.04. The van der Waals surface area contributed by atoms with Gasteiger partial charge < -0.3 is 20.3 Å². The summed E-state index contributed by atoms with van der Waals surface area (Å²) in [5.41, 5.74) is 1.20. The molecule has 6 nitrogen and oxygen atoms in total. The number of aliphatic imine (C=N–C) groups is 1. The van der Waals surface area contributed by atoms with E-state index in [9.17, 15) is 0 Å². The summed E-state index contributed by atoms with van der Waals surface area (Å²) >= 11 is 0. The largest absolute Gasteiger partial charge is 0.378 e. The van der Waals surface area contributed by atoms with E-state index in [0.29, 0.717) is 6.04 Å². The normalized spacial score (nSPS) is 20.1. The fraction of sp³-hybridized carbons (Fsp3) is 0.727. The van der Waals surface area contributed by atoms with Gasteiger partial charge in [0.2, 0.25) is 0 Å². The molecule has 2 fully saturated rings. The molecule has 1 atom stereocenters. The van der Waals surface area contributed by atoms with E-state index in [-0.39, 0.29) is 0 Å². The van der Waals surface area contributed by atoms with Gasteiger partial charge in [0, 0.05) is 44.5 Å². The number of ether oxygens (including phenoxy) is 1. The maximum Gasteiger partial charge on any atom is 0.191 e. The summed E-state index contributed by atoms with van der Waals surface area (Å²) in [6.07, 6.45) is 11.5. The van der Waals surface area contributed by atoms with Crippen molar-refractivity contribution in [3.8, 4) is 0 Å². The minimum Gasteiger partial charge on any atom is -0.378 e. The Hall–Kier alpha value is -1.82. The molecule has 1 saturated carbocycles. The predicted molar refractivity (Wildman–Crippen MR) is 116 cm³/mol. The molecule has 0 radical (unpaired) electrons. The van der Waals surface area contributed by atoms with Crippen LogP contribution in [0.3, 0.4) is 0 Å². The Bertz CT molecular complexity index is 609. The van der Waals surface area contributed by atoms with E-state index in [1.54, 1.807) is 0 Å². The van der Waals surface area contributed by atoms with Gasteiger partial charge >= 0.3 is 0 Å². The molecular formula is C22H37N5O. The molecule has 3 rings (SSSR count). The second kappa shape index (κ2) is 11.2. The van der Waals surface area contributed by atoms with Crippen molar-refractivity contribution in [1.29, 1.82) is 0 Å². The van der Waals surface area contributed by atoms with Gasteiger partial charge in [-0.05, 0) is 31.7 Å². The van der Waals surface area contributed by atoms with Crippen LogP contribution < -0.4 is 15.5 Å². The molecule has 0 aromatic carbocycles. The molecule has 0 bridgehead atoms. The summed E-state index contributed by atoms with van der Waals surface area (Å²) in [5.74, 6) is 2.85. The summed E-state index contributed by atoms with van der Waals surface area (Å²) in [7, 11) is 1.84. The van der Waals surface area contributed by atoms with Gasteiger partial charge in [-0.15, -0.1) is 0 Å². The minimum atomic E-state index is 0.431. The number of hydrogen-bond acceptors (Lipinski definition) is 4. The highest BCUT2D eigenvalue weighted by molar-refractivity contribution is 5.80. The highest BCUT2D eigenvalue weighted by atomic mass is 16.5. The molecule has 6 heteroatoms. The molecule has 28 heavy (non-hydrogen) atoms. The van der Waals surface area contributed by atoms with Crippen molar-refractivity contribution in [3.63, 3.8) is 0 Å². The number of hydrogen-bond donors (Lipinski definition) is 2.